The van der Waals surface area contributed by atoms with Crippen molar-refractivity contribution in [3.05, 3.63) is 35.4 Å². The first-order chi connectivity index (χ1) is 8.06. The van der Waals surface area contributed by atoms with Gasteiger partial charge in [-0.3, -0.25) is 4.79 Å². The summed E-state index contributed by atoms with van der Waals surface area (Å²) in [6.45, 7) is 1.87. The number of amides is 1. The first kappa shape index (κ1) is 13.2. The molecule has 1 amide bonds. The molecule has 90 valence electrons. The molecule has 0 aromatic heterocycles. The van der Waals surface area contributed by atoms with E-state index in [0.717, 1.165) is 18.2 Å². The van der Waals surface area contributed by atoms with Gasteiger partial charge in [0.1, 0.15) is 11.6 Å². The average Bonchev–Trinajstić information content (AvgIpc) is 2.27. The van der Waals surface area contributed by atoms with Crippen molar-refractivity contribution in [2.75, 3.05) is 0 Å². The van der Waals surface area contributed by atoms with Gasteiger partial charge in [0.05, 0.1) is 0 Å². The molecule has 0 fully saturated rings. The second-order valence-corrected chi connectivity index (χ2v) is 3.65. The summed E-state index contributed by atoms with van der Waals surface area (Å²) in [5.41, 5.74) is -0.0435. The van der Waals surface area contributed by atoms with Crippen LogP contribution in [0.1, 0.15) is 30.1 Å². The van der Waals surface area contributed by atoms with Crippen molar-refractivity contribution >= 4 is 5.91 Å². The van der Waals surface area contributed by atoms with Crippen LogP contribution >= 0.6 is 0 Å². The van der Waals surface area contributed by atoms with Gasteiger partial charge in [-0.15, -0.1) is 12.3 Å². The maximum absolute atomic E-state index is 12.9. The maximum atomic E-state index is 12.9. The summed E-state index contributed by atoms with van der Waals surface area (Å²) < 4.78 is 25.8. The number of halogens is 2. The molecule has 0 aliphatic carbocycles. The van der Waals surface area contributed by atoms with Crippen molar-refractivity contribution in [3.63, 3.8) is 0 Å². The zero-order valence-corrected chi connectivity index (χ0v) is 9.47. The SMILES string of the molecule is C#CCC(CC)NC(=O)c1cc(F)cc(F)c1. The van der Waals surface area contributed by atoms with Crippen LogP contribution in [-0.4, -0.2) is 11.9 Å². The van der Waals surface area contributed by atoms with Gasteiger partial charge >= 0.3 is 0 Å². The summed E-state index contributed by atoms with van der Waals surface area (Å²) in [5, 5.41) is 2.62. The third-order valence-electron chi connectivity index (χ3n) is 2.32. The smallest absolute Gasteiger partial charge is 0.251 e. The van der Waals surface area contributed by atoms with Crippen LogP contribution in [0.15, 0.2) is 18.2 Å². The van der Waals surface area contributed by atoms with Crippen LogP contribution in [0.5, 0.6) is 0 Å². The normalized spacial score (nSPS) is 11.6. The molecule has 0 bridgehead atoms. The molecule has 0 radical (unpaired) electrons. The van der Waals surface area contributed by atoms with E-state index in [9.17, 15) is 13.6 Å². The predicted octanol–water partition coefficient (Wildman–Crippen LogP) is 2.50. The van der Waals surface area contributed by atoms with Crippen LogP contribution in [-0.2, 0) is 0 Å². The number of rotatable bonds is 4. The summed E-state index contributed by atoms with van der Waals surface area (Å²) in [7, 11) is 0. The summed E-state index contributed by atoms with van der Waals surface area (Å²) in [6, 6.07) is 2.51. The Morgan fingerprint density at radius 1 is 1.41 bits per heavy atom. The molecule has 1 rings (SSSR count). The van der Waals surface area contributed by atoms with Crippen molar-refractivity contribution in [2.24, 2.45) is 0 Å². The van der Waals surface area contributed by atoms with E-state index >= 15 is 0 Å². The van der Waals surface area contributed by atoms with E-state index in [1.807, 2.05) is 6.92 Å². The van der Waals surface area contributed by atoms with Crippen LogP contribution in [0.3, 0.4) is 0 Å². The standard InChI is InChI=1S/C13H13F2NO/c1-3-5-12(4-2)16-13(17)9-6-10(14)8-11(15)7-9/h1,6-8,12H,4-5H2,2H3,(H,16,17). The van der Waals surface area contributed by atoms with Gasteiger partial charge in [0.2, 0.25) is 0 Å². The largest absolute Gasteiger partial charge is 0.348 e. The number of hydrogen-bond donors (Lipinski definition) is 1. The van der Waals surface area contributed by atoms with Gasteiger partial charge in [0, 0.05) is 24.1 Å². The Kier molecular flexibility index (Phi) is 4.65. The van der Waals surface area contributed by atoms with Crippen molar-refractivity contribution in [2.45, 2.75) is 25.8 Å². The topological polar surface area (TPSA) is 29.1 Å². The van der Waals surface area contributed by atoms with E-state index in [-0.39, 0.29) is 11.6 Å². The van der Waals surface area contributed by atoms with Crippen LogP contribution in [0.25, 0.3) is 0 Å². The van der Waals surface area contributed by atoms with Gasteiger partial charge in [-0.05, 0) is 18.6 Å². The lowest BCUT2D eigenvalue weighted by molar-refractivity contribution is 0.0935. The molecule has 0 aliphatic heterocycles. The zero-order valence-electron chi connectivity index (χ0n) is 9.47. The Morgan fingerprint density at radius 3 is 2.47 bits per heavy atom. The number of nitrogens with one attached hydrogen (secondary N) is 1. The Bertz CT molecular complexity index is 431. The molecule has 4 heteroatoms. The molecule has 1 N–H and O–H groups in total. The quantitative estimate of drug-likeness (QED) is 0.801. The molecule has 0 heterocycles. The predicted molar refractivity (Wildman–Crippen MR) is 61.4 cm³/mol. The molecular weight excluding hydrogens is 224 g/mol. The Balaban J connectivity index is 2.79. The van der Waals surface area contributed by atoms with Crippen molar-refractivity contribution < 1.29 is 13.6 Å². The molecule has 0 spiro atoms. The highest BCUT2D eigenvalue weighted by Crippen LogP contribution is 2.08. The lowest BCUT2D eigenvalue weighted by Gasteiger charge is -2.14. The van der Waals surface area contributed by atoms with Gasteiger partial charge in [-0.1, -0.05) is 6.92 Å². The fraction of sp³-hybridized carbons (Fsp3) is 0.308. The monoisotopic (exact) mass is 237 g/mol. The van der Waals surface area contributed by atoms with Gasteiger partial charge in [0.25, 0.3) is 5.91 Å². The lowest BCUT2D eigenvalue weighted by atomic mass is 10.1. The maximum Gasteiger partial charge on any atom is 0.251 e. The summed E-state index contributed by atoms with van der Waals surface area (Å²) >= 11 is 0. The Hall–Kier alpha value is -1.89. The van der Waals surface area contributed by atoms with E-state index in [1.165, 1.54) is 0 Å². The minimum absolute atomic E-state index is 0.0435. The molecule has 0 aliphatic rings. The number of carbonyl (C=O) groups is 1. The molecule has 17 heavy (non-hydrogen) atoms. The van der Waals surface area contributed by atoms with Crippen molar-refractivity contribution in [3.8, 4) is 12.3 Å². The van der Waals surface area contributed by atoms with Crippen molar-refractivity contribution in [1.29, 1.82) is 0 Å². The Labute approximate surface area is 99.0 Å². The molecule has 1 aromatic rings. The average molecular weight is 237 g/mol. The van der Waals surface area contributed by atoms with Gasteiger partial charge in [-0.2, -0.15) is 0 Å². The van der Waals surface area contributed by atoms with Crippen LogP contribution in [0.4, 0.5) is 8.78 Å². The molecule has 1 unspecified atom stereocenters. The molecule has 1 atom stereocenters. The first-order valence-corrected chi connectivity index (χ1v) is 5.27. The highest BCUT2D eigenvalue weighted by molar-refractivity contribution is 5.94. The molecule has 0 saturated heterocycles. The van der Waals surface area contributed by atoms with E-state index in [4.69, 9.17) is 6.42 Å². The fourth-order valence-electron chi connectivity index (χ4n) is 1.39. The fourth-order valence-corrected chi connectivity index (χ4v) is 1.39. The Morgan fingerprint density at radius 2 is 2.00 bits per heavy atom. The number of hydrogen-bond acceptors (Lipinski definition) is 1. The third-order valence-corrected chi connectivity index (χ3v) is 2.32. The summed E-state index contributed by atoms with van der Waals surface area (Å²) in [5.74, 6) is 0.357. The number of carbonyl (C=O) groups excluding carboxylic acids is 1. The zero-order chi connectivity index (χ0) is 12.8. The number of terminal acetylenes is 1. The van der Waals surface area contributed by atoms with E-state index in [0.29, 0.717) is 12.8 Å². The molecule has 0 saturated carbocycles. The van der Waals surface area contributed by atoms with Gasteiger partial charge in [-0.25, -0.2) is 8.78 Å². The van der Waals surface area contributed by atoms with E-state index in [2.05, 4.69) is 11.2 Å². The lowest BCUT2D eigenvalue weighted by Crippen LogP contribution is -2.34. The van der Waals surface area contributed by atoms with Gasteiger partial charge in [0.15, 0.2) is 0 Å². The molecule has 2 nitrogen and oxygen atoms in total. The highest BCUT2D eigenvalue weighted by atomic mass is 19.1. The van der Waals surface area contributed by atoms with Crippen LogP contribution < -0.4 is 5.32 Å². The van der Waals surface area contributed by atoms with Gasteiger partial charge < -0.3 is 5.32 Å². The third kappa shape index (κ3) is 3.87. The minimum Gasteiger partial charge on any atom is -0.348 e. The first-order valence-electron chi connectivity index (χ1n) is 5.27. The van der Waals surface area contributed by atoms with Crippen molar-refractivity contribution in [1.82, 2.24) is 5.32 Å². The summed E-state index contributed by atoms with van der Waals surface area (Å²) in [6.07, 6.45) is 6.20. The molecule has 1 aromatic carbocycles. The van der Waals surface area contributed by atoms with Crippen LogP contribution in [0, 0.1) is 24.0 Å². The number of benzene rings is 1. The van der Waals surface area contributed by atoms with E-state index < -0.39 is 17.5 Å². The molecular formula is C13H13F2NO. The summed E-state index contributed by atoms with van der Waals surface area (Å²) in [4.78, 5) is 11.7. The minimum atomic E-state index is -0.778. The second kappa shape index (κ2) is 6.00. The van der Waals surface area contributed by atoms with Crippen LogP contribution in [0.2, 0.25) is 0 Å². The van der Waals surface area contributed by atoms with E-state index in [1.54, 1.807) is 0 Å². The second-order valence-electron chi connectivity index (χ2n) is 3.65. The highest BCUT2D eigenvalue weighted by Gasteiger charge is 2.13.